The van der Waals surface area contributed by atoms with Crippen LogP contribution in [0.3, 0.4) is 0 Å². The number of nitrogens with one attached hydrogen (secondary N) is 2. The molecule has 1 aromatic carbocycles. The van der Waals surface area contributed by atoms with Gasteiger partial charge in [-0.3, -0.25) is 0 Å². The molecular formula is C15H22N2O2S2. The van der Waals surface area contributed by atoms with Crippen LogP contribution in [0.25, 0.3) is 0 Å². The zero-order valence-electron chi connectivity index (χ0n) is 12.0. The summed E-state index contributed by atoms with van der Waals surface area (Å²) in [4.78, 5) is 0.427. The maximum atomic E-state index is 12.6. The van der Waals surface area contributed by atoms with E-state index in [1.54, 1.807) is 12.1 Å². The third-order valence-corrected chi connectivity index (χ3v) is 6.63. The van der Waals surface area contributed by atoms with Gasteiger partial charge in [0.25, 0.3) is 0 Å². The molecule has 116 valence electrons. The first-order chi connectivity index (χ1) is 10.1. The van der Waals surface area contributed by atoms with E-state index in [1.165, 1.54) is 12.8 Å². The Labute approximate surface area is 131 Å². The lowest BCUT2D eigenvalue weighted by molar-refractivity contribution is 0.527. The van der Waals surface area contributed by atoms with Crippen LogP contribution >= 0.6 is 11.8 Å². The molecule has 2 aliphatic rings. The second kappa shape index (κ2) is 6.69. The summed E-state index contributed by atoms with van der Waals surface area (Å²) in [6.07, 6.45) is 4.25. The smallest absolute Gasteiger partial charge is 0.241 e. The second-order valence-corrected chi connectivity index (χ2v) is 8.68. The lowest BCUT2D eigenvalue weighted by Gasteiger charge is -2.23. The van der Waals surface area contributed by atoms with E-state index in [4.69, 9.17) is 0 Å². The van der Waals surface area contributed by atoms with Gasteiger partial charge >= 0.3 is 0 Å². The Morgan fingerprint density at radius 2 is 1.76 bits per heavy atom. The van der Waals surface area contributed by atoms with Gasteiger partial charge in [-0.25, -0.2) is 13.1 Å². The van der Waals surface area contributed by atoms with E-state index in [9.17, 15) is 8.42 Å². The fourth-order valence-electron chi connectivity index (χ4n) is 2.55. The molecule has 1 saturated carbocycles. The number of rotatable bonds is 6. The largest absolute Gasteiger partial charge is 0.310 e. The predicted octanol–water partition coefficient (Wildman–Crippen LogP) is 2.11. The van der Waals surface area contributed by atoms with Gasteiger partial charge in [-0.05, 0) is 48.8 Å². The zero-order chi connectivity index (χ0) is 14.7. The Hall–Kier alpha value is -0.560. The molecule has 1 aromatic rings. The van der Waals surface area contributed by atoms with Crippen molar-refractivity contribution in [3.05, 3.63) is 29.8 Å². The van der Waals surface area contributed by atoms with Gasteiger partial charge in [0, 0.05) is 18.6 Å². The van der Waals surface area contributed by atoms with Crippen molar-refractivity contribution in [2.45, 2.75) is 49.2 Å². The number of hydrogen-bond donors (Lipinski definition) is 2. The van der Waals surface area contributed by atoms with Crippen LogP contribution in [-0.4, -0.2) is 32.0 Å². The van der Waals surface area contributed by atoms with E-state index in [2.05, 4.69) is 10.0 Å². The maximum absolute atomic E-state index is 12.6. The minimum Gasteiger partial charge on any atom is -0.310 e. The predicted molar refractivity (Wildman–Crippen MR) is 87.0 cm³/mol. The topological polar surface area (TPSA) is 58.2 Å². The van der Waals surface area contributed by atoms with Crippen molar-refractivity contribution < 1.29 is 8.42 Å². The van der Waals surface area contributed by atoms with Gasteiger partial charge in [0.2, 0.25) is 10.0 Å². The zero-order valence-corrected chi connectivity index (χ0v) is 13.7. The molecule has 1 aliphatic heterocycles. The molecule has 0 spiro atoms. The van der Waals surface area contributed by atoms with Crippen molar-refractivity contribution in [1.82, 2.24) is 10.0 Å². The molecule has 0 amide bonds. The Balaban J connectivity index is 1.73. The third kappa shape index (κ3) is 4.22. The lowest BCUT2D eigenvalue weighted by atomic mass is 10.2. The summed E-state index contributed by atoms with van der Waals surface area (Å²) in [5.74, 6) is 2.08. The highest BCUT2D eigenvalue weighted by molar-refractivity contribution is 7.99. The molecule has 0 bridgehead atoms. The monoisotopic (exact) mass is 326 g/mol. The van der Waals surface area contributed by atoms with Crippen LogP contribution in [0.5, 0.6) is 0 Å². The Kier molecular flexibility index (Phi) is 4.88. The van der Waals surface area contributed by atoms with Crippen molar-refractivity contribution in [3.8, 4) is 0 Å². The van der Waals surface area contributed by atoms with Gasteiger partial charge in [0.15, 0.2) is 0 Å². The first-order valence-electron chi connectivity index (χ1n) is 7.56. The third-order valence-electron chi connectivity index (χ3n) is 3.96. The second-order valence-electron chi connectivity index (χ2n) is 5.77. The maximum Gasteiger partial charge on any atom is 0.241 e. The average molecular weight is 326 g/mol. The van der Waals surface area contributed by atoms with Gasteiger partial charge in [0.05, 0.1) is 4.90 Å². The fourth-order valence-corrected chi connectivity index (χ4v) is 5.20. The lowest BCUT2D eigenvalue weighted by Crippen LogP contribution is -2.37. The van der Waals surface area contributed by atoms with Gasteiger partial charge in [-0.1, -0.05) is 18.2 Å². The molecule has 0 unspecified atom stereocenters. The number of sulfonamides is 1. The summed E-state index contributed by atoms with van der Waals surface area (Å²) in [6.45, 7) is 0.627. The first kappa shape index (κ1) is 15.3. The van der Waals surface area contributed by atoms with Crippen LogP contribution in [0.4, 0.5) is 0 Å². The van der Waals surface area contributed by atoms with E-state index in [1.807, 2.05) is 23.9 Å². The molecule has 0 aromatic heterocycles. The molecule has 0 atom stereocenters. The molecule has 1 heterocycles. The molecule has 21 heavy (non-hydrogen) atoms. The molecule has 1 saturated heterocycles. The van der Waals surface area contributed by atoms with Crippen molar-refractivity contribution in [2.24, 2.45) is 0 Å². The molecular weight excluding hydrogens is 304 g/mol. The van der Waals surface area contributed by atoms with E-state index in [0.717, 1.165) is 29.9 Å². The van der Waals surface area contributed by atoms with Crippen LogP contribution in [0.15, 0.2) is 29.2 Å². The Morgan fingerprint density at radius 3 is 2.48 bits per heavy atom. The van der Waals surface area contributed by atoms with Gasteiger partial charge in [-0.2, -0.15) is 11.8 Å². The first-order valence-corrected chi connectivity index (χ1v) is 10.2. The number of hydrogen-bond acceptors (Lipinski definition) is 4. The highest BCUT2D eigenvalue weighted by Crippen LogP contribution is 2.23. The summed E-state index contributed by atoms with van der Waals surface area (Å²) in [5, 5.41) is 3.39. The van der Waals surface area contributed by atoms with Gasteiger partial charge in [0.1, 0.15) is 0 Å². The highest BCUT2D eigenvalue weighted by Gasteiger charge is 2.25. The van der Waals surface area contributed by atoms with E-state index in [-0.39, 0.29) is 6.04 Å². The molecule has 0 radical (unpaired) electrons. The summed E-state index contributed by atoms with van der Waals surface area (Å²) in [7, 11) is -3.42. The molecule has 4 nitrogen and oxygen atoms in total. The van der Waals surface area contributed by atoms with Crippen LogP contribution in [0, 0.1) is 0 Å². The molecule has 2 N–H and O–H groups in total. The van der Waals surface area contributed by atoms with Crippen LogP contribution in [0.1, 0.15) is 31.2 Å². The molecule has 2 fully saturated rings. The fraction of sp³-hybridized carbons (Fsp3) is 0.600. The molecule has 1 aliphatic carbocycles. The molecule has 3 rings (SSSR count). The number of thioether (sulfide) groups is 1. The minimum atomic E-state index is -3.42. The van der Waals surface area contributed by atoms with Crippen molar-refractivity contribution >= 4 is 21.8 Å². The summed E-state index contributed by atoms with van der Waals surface area (Å²) >= 11 is 1.90. The van der Waals surface area contributed by atoms with Crippen molar-refractivity contribution in [3.63, 3.8) is 0 Å². The minimum absolute atomic E-state index is 0.0840. The Morgan fingerprint density at radius 1 is 1.05 bits per heavy atom. The summed E-state index contributed by atoms with van der Waals surface area (Å²) in [5.41, 5.74) is 0.863. The SMILES string of the molecule is O=S(=O)(NC1CCSCC1)c1ccccc1CNC1CC1. The van der Waals surface area contributed by atoms with Gasteiger partial charge in [-0.15, -0.1) is 0 Å². The van der Waals surface area contributed by atoms with Crippen LogP contribution in [-0.2, 0) is 16.6 Å². The standard InChI is InChI=1S/C15H22N2O2S2/c18-21(19,17-14-7-9-20-10-8-14)15-4-2-1-3-12(15)11-16-13-5-6-13/h1-4,13-14,16-17H,5-11H2. The van der Waals surface area contributed by atoms with E-state index >= 15 is 0 Å². The average Bonchev–Trinajstić information content (AvgIpc) is 3.30. The Bertz CT molecular complexity index is 579. The summed E-state index contributed by atoms with van der Waals surface area (Å²) < 4.78 is 28.2. The van der Waals surface area contributed by atoms with E-state index in [0.29, 0.717) is 17.5 Å². The van der Waals surface area contributed by atoms with Crippen LogP contribution < -0.4 is 10.0 Å². The van der Waals surface area contributed by atoms with Crippen molar-refractivity contribution in [2.75, 3.05) is 11.5 Å². The molecule has 6 heteroatoms. The highest BCUT2D eigenvalue weighted by atomic mass is 32.2. The van der Waals surface area contributed by atoms with Gasteiger partial charge < -0.3 is 5.32 Å². The summed E-state index contributed by atoms with van der Waals surface area (Å²) in [6, 6.07) is 7.97. The van der Waals surface area contributed by atoms with E-state index < -0.39 is 10.0 Å². The normalized spacial score (nSPS) is 20.6. The number of benzene rings is 1. The van der Waals surface area contributed by atoms with Crippen LogP contribution in [0.2, 0.25) is 0 Å². The van der Waals surface area contributed by atoms with Crippen molar-refractivity contribution in [1.29, 1.82) is 0 Å². The quantitative estimate of drug-likeness (QED) is 0.841.